The summed E-state index contributed by atoms with van der Waals surface area (Å²) >= 11 is 0. The van der Waals surface area contributed by atoms with Crippen LogP contribution >= 0.6 is 0 Å². The van der Waals surface area contributed by atoms with Crippen molar-refractivity contribution >= 4 is 5.84 Å². The highest BCUT2D eigenvalue weighted by Gasteiger charge is 2.45. The molecule has 4 nitrogen and oxygen atoms in total. The summed E-state index contributed by atoms with van der Waals surface area (Å²) in [6.45, 7) is 1.51. The fourth-order valence-electron chi connectivity index (χ4n) is 3.08. The first-order chi connectivity index (χ1) is 7.27. The Kier molecular flexibility index (Phi) is 2.21. The average molecular weight is 210 g/mol. The number of ether oxygens (including phenoxy) is 2. The maximum absolute atomic E-state index is 5.77. The molecule has 2 heterocycles. The van der Waals surface area contributed by atoms with E-state index in [0.717, 1.165) is 51.2 Å². The molecule has 3 rings (SSSR count). The standard InChI is InChI=1S/C11H18N2O2/c12-10-2-1-8-7-11(14-5-6-15-11)4-3-9(8)13-10/h8-9H,1-7H2,(H2,12,13). The van der Waals surface area contributed by atoms with E-state index in [0.29, 0.717) is 12.0 Å². The fraction of sp³-hybridized carbons (Fsp3) is 0.909. The van der Waals surface area contributed by atoms with Gasteiger partial charge >= 0.3 is 0 Å². The fourth-order valence-corrected chi connectivity index (χ4v) is 3.08. The summed E-state index contributed by atoms with van der Waals surface area (Å²) < 4.78 is 11.5. The largest absolute Gasteiger partial charge is 0.387 e. The van der Waals surface area contributed by atoms with Crippen LogP contribution in [-0.2, 0) is 9.47 Å². The topological polar surface area (TPSA) is 56.8 Å². The molecule has 0 aromatic rings. The number of nitrogens with zero attached hydrogens (tertiary/aromatic N) is 1. The maximum Gasteiger partial charge on any atom is 0.168 e. The van der Waals surface area contributed by atoms with Gasteiger partial charge in [0.05, 0.1) is 25.1 Å². The SMILES string of the molecule is NC1=NC2CCC3(CC2CC1)OCCO3. The van der Waals surface area contributed by atoms with Gasteiger partial charge in [-0.25, -0.2) is 0 Å². The molecule has 0 bridgehead atoms. The molecular formula is C11H18N2O2. The van der Waals surface area contributed by atoms with Crippen LogP contribution in [-0.4, -0.2) is 30.9 Å². The minimum atomic E-state index is -0.261. The van der Waals surface area contributed by atoms with E-state index in [-0.39, 0.29) is 5.79 Å². The highest BCUT2D eigenvalue weighted by Crippen LogP contribution is 2.42. The normalized spacial score (nSPS) is 38.8. The summed E-state index contributed by atoms with van der Waals surface area (Å²) in [6.07, 6.45) is 5.14. The van der Waals surface area contributed by atoms with E-state index in [1.54, 1.807) is 0 Å². The van der Waals surface area contributed by atoms with Crippen LogP contribution in [0.2, 0.25) is 0 Å². The number of nitrogens with two attached hydrogens (primary N) is 1. The predicted molar refractivity (Wildman–Crippen MR) is 56.6 cm³/mol. The summed E-state index contributed by atoms with van der Waals surface area (Å²) in [5.41, 5.74) is 5.77. The van der Waals surface area contributed by atoms with Crippen LogP contribution in [0.1, 0.15) is 32.1 Å². The van der Waals surface area contributed by atoms with Gasteiger partial charge in [-0.1, -0.05) is 0 Å². The highest BCUT2D eigenvalue weighted by molar-refractivity contribution is 5.81. The lowest BCUT2D eigenvalue weighted by atomic mass is 9.77. The molecule has 3 aliphatic rings. The predicted octanol–water partition coefficient (Wildman–Crippen LogP) is 1.05. The quantitative estimate of drug-likeness (QED) is 0.650. The minimum absolute atomic E-state index is 0.261. The Morgan fingerprint density at radius 1 is 1.27 bits per heavy atom. The summed E-state index contributed by atoms with van der Waals surface area (Å²) in [7, 11) is 0. The van der Waals surface area contributed by atoms with E-state index in [9.17, 15) is 0 Å². The van der Waals surface area contributed by atoms with Crippen molar-refractivity contribution in [2.45, 2.75) is 43.9 Å². The zero-order valence-corrected chi connectivity index (χ0v) is 8.95. The molecule has 84 valence electrons. The third-order valence-electron chi connectivity index (χ3n) is 3.85. The highest BCUT2D eigenvalue weighted by atomic mass is 16.7. The molecule has 2 N–H and O–H groups in total. The Balaban J connectivity index is 1.74. The van der Waals surface area contributed by atoms with E-state index in [1.165, 1.54) is 0 Å². The molecule has 2 aliphatic heterocycles. The number of hydrogen-bond acceptors (Lipinski definition) is 4. The number of hydrogen-bond donors (Lipinski definition) is 1. The molecule has 2 unspecified atom stereocenters. The van der Waals surface area contributed by atoms with Gasteiger partial charge in [0.1, 0.15) is 0 Å². The first-order valence-corrected chi connectivity index (χ1v) is 5.87. The van der Waals surface area contributed by atoms with E-state index >= 15 is 0 Å². The Bertz CT molecular complexity index is 284. The molecule has 1 saturated carbocycles. The zero-order chi connectivity index (χ0) is 10.3. The van der Waals surface area contributed by atoms with Crippen LogP contribution < -0.4 is 5.73 Å². The Labute approximate surface area is 89.8 Å². The van der Waals surface area contributed by atoms with Crippen molar-refractivity contribution < 1.29 is 9.47 Å². The third-order valence-corrected chi connectivity index (χ3v) is 3.85. The van der Waals surface area contributed by atoms with E-state index < -0.39 is 0 Å². The second kappa shape index (κ2) is 3.46. The first kappa shape index (κ1) is 9.60. The molecule has 0 aromatic carbocycles. The summed E-state index contributed by atoms with van der Waals surface area (Å²) in [4.78, 5) is 4.54. The molecule has 4 heteroatoms. The van der Waals surface area contributed by atoms with Gasteiger partial charge in [-0.2, -0.15) is 0 Å². The van der Waals surface area contributed by atoms with Crippen LogP contribution in [0.3, 0.4) is 0 Å². The monoisotopic (exact) mass is 210 g/mol. The number of fused-ring (bicyclic) bond motifs is 1. The first-order valence-electron chi connectivity index (χ1n) is 5.87. The van der Waals surface area contributed by atoms with Gasteiger partial charge in [0.25, 0.3) is 0 Å². The van der Waals surface area contributed by atoms with Gasteiger partial charge in [0, 0.05) is 19.3 Å². The van der Waals surface area contributed by atoms with Crippen LogP contribution in [0.5, 0.6) is 0 Å². The van der Waals surface area contributed by atoms with Gasteiger partial charge in [-0.05, 0) is 18.8 Å². The second-order valence-electron chi connectivity index (χ2n) is 4.84. The van der Waals surface area contributed by atoms with Crippen molar-refractivity contribution in [3.8, 4) is 0 Å². The van der Waals surface area contributed by atoms with Crippen LogP contribution in [0, 0.1) is 5.92 Å². The van der Waals surface area contributed by atoms with Gasteiger partial charge in [-0.15, -0.1) is 0 Å². The molecule has 0 radical (unpaired) electrons. The molecule has 1 saturated heterocycles. The molecular weight excluding hydrogens is 192 g/mol. The van der Waals surface area contributed by atoms with Crippen molar-refractivity contribution in [1.29, 1.82) is 0 Å². The van der Waals surface area contributed by atoms with Crippen LogP contribution in [0.15, 0.2) is 4.99 Å². The Hall–Kier alpha value is -0.610. The lowest BCUT2D eigenvalue weighted by molar-refractivity contribution is -0.189. The van der Waals surface area contributed by atoms with Gasteiger partial charge in [0.2, 0.25) is 0 Å². The number of aliphatic imine (C=N–C) groups is 1. The smallest absolute Gasteiger partial charge is 0.168 e. The number of rotatable bonds is 0. The molecule has 0 aromatic heterocycles. The van der Waals surface area contributed by atoms with Gasteiger partial charge < -0.3 is 15.2 Å². The average Bonchev–Trinajstić information content (AvgIpc) is 2.67. The molecule has 1 spiro atoms. The Morgan fingerprint density at radius 2 is 2.07 bits per heavy atom. The van der Waals surface area contributed by atoms with Crippen molar-refractivity contribution in [3.05, 3.63) is 0 Å². The second-order valence-corrected chi connectivity index (χ2v) is 4.84. The number of amidine groups is 1. The van der Waals surface area contributed by atoms with E-state index in [4.69, 9.17) is 15.2 Å². The molecule has 2 fully saturated rings. The van der Waals surface area contributed by atoms with Crippen molar-refractivity contribution in [1.82, 2.24) is 0 Å². The molecule has 0 amide bonds. The maximum atomic E-state index is 5.77. The van der Waals surface area contributed by atoms with Crippen molar-refractivity contribution in [2.75, 3.05) is 13.2 Å². The minimum Gasteiger partial charge on any atom is -0.387 e. The van der Waals surface area contributed by atoms with Gasteiger partial charge in [-0.3, -0.25) is 4.99 Å². The van der Waals surface area contributed by atoms with Crippen molar-refractivity contribution in [2.24, 2.45) is 16.6 Å². The van der Waals surface area contributed by atoms with Crippen LogP contribution in [0.25, 0.3) is 0 Å². The van der Waals surface area contributed by atoms with Gasteiger partial charge in [0.15, 0.2) is 5.79 Å². The van der Waals surface area contributed by atoms with Crippen molar-refractivity contribution in [3.63, 3.8) is 0 Å². The summed E-state index contributed by atoms with van der Waals surface area (Å²) in [6, 6.07) is 0.428. The Morgan fingerprint density at radius 3 is 2.87 bits per heavy atom. The van der Waals surface area contributed by atoms with E-state index in [2.05, 4.69) is 4.99 Å². The summed E-state index contributed by atoms with van der Waals surface area (Å²) in [5.74, 6) is 1.19. The lowest BCUT2D eigenvalue weighted by Crippen LogP contribution is -2.44. The zero-order valence-electron chi connectivity index (χ0n) is 8.95. The summed E-state index contributed by atoms with van der Waals surface area (Å²) in [5, 5.41) is 0. The lowest BCUT2D eigenvalue weighted by Gasteiger charge is -2.41. The molecule has 15 heavy (non-hydrogen) atoms. The van der Waals surface area contributed by atoms with Crippen LogP contribution in [0.4, 0.5) is 0 Å². The van der Waals surface area contributed by atoms with E-state index in [1.807, 2.05) is 0 Å². The molecule has 1 aliphatic carbocycles. The third kappa shape index (κ3) is 1.66. The molecule has 2 atom stereocenters.